The molecule has 0 aromatic heterocycles. The molecule has 0 atom stereocenters. The van der Waals surface area contributed by atoms with E-state index in [4.69, 9.17) is 9.05 Å². The molecule has 0 aliphatic heterocycles. The summed E-state index contributed by atoms with van der Waals surface area (Å²) in [5, 5.41) is 2.89. The molecule has 0 saturated heterocycles. The summed E-state index contributed by atoms with van der Waals surface area (Å²) < 4.78 is 24.6. The van der Waals surface area contributed by atoms with E-state index in [9.17, 15) is 4.57 Å². The van der Waals surface area contributed by atoms with Gasteiger partial charge in [0.05, 0.1) is 0 Å². The van der Waals surface area contributed by atoms with Gasteiger partial charge in [0, 0.05) is 5.69 Å². The van der Waals surface area contributed by atoms with E-state index in [1.165, 1.54) is 0 Å². The first-order valence-corrected chi connectivity index (χ1v) is 9.11. The molecule has 5 heteroatoms. The van der Waals surface area contributed by atoms with Gasteiger partial charge in [-0.2, -0.15) is 0 Å². The Morgan fingerprint density at radius 1 is 0.708 bits per heavy atom. The second-order valence-corrected chi connectivity index (χ2v) is 6.87. The van der Waals surface area contributed by atoms with Crippen LogP contribution in [0.4, 0.5) is 5.69 Å². The molecule has 3 aromatic carbocycles. The molecule has 3 rings (SSSR count). The summed E-state index contributed by atoms with van der Waals surface area (Å²) in [4.78, 5) is 0. The molecule has 0 fully saturated rings. The lowest BCUT2D eigenvalue weighted by Crippen LogP contribution is -2.09. The van der Waals surface area contributed by atoms with E-state index in [2.05, 4.69) is 5.09 Å². The van der Waals surface area contributed by atoms with Gasteiger partial charge in [-0.1, -0.05) is 54.1 Å². The first-order valence-electron chi connectivity index (χ1n) is 7.57. The molecule has 0 aliphatic rings. The van der Waals surface area contributed by atoms with E-state index in [0.29, 0.717) is 17.2 Å². The molecule has 0 radical (unpaired) electrons. The van der Waals surface area contributed by atoms with E-state index in [1.54, 1.807) is 24.3 Å². The van der Waals surface area contributed by atoms with Crippen LogP contribution >= 0.6 is 7.75 Å². The van der Waals surface area contributed by atoms with Crippen LogP contribution in [0.2, 0.25) is 0 Å². The Labute approximate surface area is 141 Å². The van der Waals surface area contributed by atoms with Crippen molar-refractivity contribution in [1.29, 1.82) is 0 Å². The van der Waals surface area contributed by atoms with Gasteiger partial charge in [-0.3, -0.25) is 5.09 Å². The van der Waals surface area contributed by atoms with Gasteiger partial charge in [0.15, 0.2) is 0 Å². The zero-order valence-electron chi connectivity index (χ0n) is 13.3. The molecule has 24 heavy (non-hydrogen) atoms. The standard InChI is InChI=1S/C19H18NO3P/c1-16-12-14-17(15-13-16)20-24(21,22-18-8-4-2-5-9-18)23-19-10-6-3-7-11-19/h2-15H,1H3,(H,20,21). The first-order chi connectivity index (χ1) is 11.6. The SMILES string of the molecule is Cc1ccc(NP(=O)(Oc2ccccc2)Oc2ccccc2)cc1. The molecule has 0 unspecified atom stereocenters. The van der Waals surface area contributed by atoms with E-state index in [-0.39, 0.29) is 0 Å². The fourth-order valence-electron chi connectivity index (χ4n) is 2.09. The Hall–Kier alpha value is -2.71. The molecule has 0 spiro atoms. The van der Waals surface area contributed by atoms with Crippen molar-refractivity contribution in [3.05, 3.63) is 90.5 Å². The number of para-hydroxylation sites is 2. The van der Waals surface area contributed by atoms with Crippen LogP contribution in [0.1, 0.15) is 5.56 Å². The van der Waals surface area contributed by atoms with Crippen LogP contribution < -0.4 is 14.1 Å². The first kappa shape index (κ1) is 16.2. The minimum atomic E-state index is -3.65. The highest BCUT2D eigenvalue weighted by molar-refractivity contribution is 7.56. The molecule has 122 valence electrons. The van der Waals surface area contributed by atoms with Crippen molar-refractivity contribution in [3.8, 4) is 11.5 Å². The summed E-state index contributed by atoms with van der Waals surface area (Å²) in [7, 11) is -3.65. The van der Waals surface area contributed by atoms with E-state index < -0.39 is 7.75 Å². The maximum atomic E-state index is 13.3. The van der Waals surface area contributed by atoms with Crippen molar-refractivity contribution in [3.63, 3.8) is 0 Å². The molecule has 0 heterocycles. The van der Waals surface area contributed by atoms with Crippen molar-refractivity contribution in [2.24, 2.45) is 0 Å². The Kier molecular flexibility index (Phi) is 4.88. The summed E-state index contributed by atoms with van der Waals surface area (Å²) in [5.74, 6) is 0.938. The Morgan fingerprint density at radius 3 is 1.62 bits per heavy atom. The van der Waals surface area contributed by atoms with Gasteiger partial charge in [-0.05, 0) is 43.3 Å². The molecule has 0 saturated carbocycles. The molecular weight excluding hydrogens is 321 g/mol. The van der Waals surface area contributed by atoms with E-state index >= 15 is 0 Å². The number of hydrogen-bond donors (Lipinski definition) is 1. The summed E-state index contributed by atoms with van der Waals surface area (Å²) in [5.41, 5.74) is 1.78. The van der Waals surface area contributed by atoms with Gasteiger partial charge in [0.1, 0.15) is 11.5 Å². The number of rotatable bonds is 6. The Balaban J connectivity index is 1.87. The van der Waals surface area contributed by atoms with Crippen molar-refractivity contribution in [1.82, 2.24) is 0 Å². The van der Waals surface area contributed by atoms with Gasteiger partial charge >= 0.3 is 7.75 Å². The minimum absolute atomic E-state index is 0.469. The van der Waals surface area contributed by atoms with Crippen LogP contribution in [0, 0.1) is 6.92 Å². The molecule has 3 aromatic rings. The number of nitrogens with one attached hydrogen (secondary N) is 1. The summed E-state index contributed by atoms with van der Waals surface area (Å²) >= 11 is 0. The van der Waals surface area contributed by atoms with Crippen molar-refractivity contribution in [2.45, 2.75) is 6.92 Å². The molecular formula is C19H18NO3P. The zero-order chi connectivity index (χ0) is 16.8. The fraction of sp³-hybridized carbons (Fsp3) is 0.0526. The van der Waals surface area contributed by atoms with Crippen molar-refractivity contribution in [2.75, 3.05) is 5.09 Å². The predicted molar refractivity (Wildman–Crippen MR) is 96.5 cm³/mol. The van der Waals surface area contributed by atoms with E-state index in [0.717, 1.165) is 5.56 Å². The molecule has 0 bridgehead atoms. The van der Waals surface area contributed by atoms with Gasteiger partial charge < -0.3 is 9.05 Å². The third-order valence-corrected chi connectivity index (χ3v) is 4.69. The van der Waals surface area contributed by atoms with Gasteiger partial charge in [0.2, 0.25) is 0 Å². The summed E-state index contributed by atoms with van der Waals surface area (Å²) in [6.45, 7) is 1.99. The lowest BCUT2D eigenvalue weighted by atomic mass is 10.2. The van der Waals surface area contributed by atoms with Crippen LogP contribution in [-0.4, -0.2) is 0 Å². The third kappa shape index (κ3) is 4.40. The second kappa shape index (κ2) is 7.24. The number of hydrogen-bond acceptors (Lipinski definition) is 3. The minimum Gasteiger partial charge on any atom is -0.400 e. The molecule has 0 amide bonds. The summed E-state index contributed by atoms with van der Waals surface area (Å²) in [6, 6.07) is 25.5. The molecule has 1 N–H and O–H groups in total. The van der Waals surface area contributed by atoms with Crippen LogP contribution in [0.25, 0.3) is 0 Å². The highest BCUT2D eigenvalue weighted by Crippen LogP contribution is 2.48. The van der Waals surface area contributed by atoms with Crippen molar-refractivity contribution < 1.29 is 13.6 Å². The average molecular weight is 339 g/mol. The van der Waals surface area contributed by atoms with Gasteiger partial charge in [-0.15, -0.1) is 0 Å². The third-order valence-electron chi connectivity index (χ3n) is 3.26. The summed E-state index contributed by atoms with van der Waals surface area (Å²) in [6.07, 6.45) is 0. The molecule has 4 nitrogen and oxygen atoms in total. The quantitative estimate of drug-likeness (QED) is 0.588. The Bertz CT molecular complexity index is 775. The monoisotopic (exact) mass is 339 g/mol. The fourth-order valence-corrected chi connectivity index (χ4v) is 3.48. The highest BCUT2D eigenvalue weighted by Gasteiger charge is 2.29. The normalized spacial score (nSPS) is 10.9. The second-order valence-electron chi connectivity index (χ2n) is 5.28. The van der Waals surface area contributed by atoms with Crippen LogP contribution in [-0.2, 0) is 4.57 Å². The van der Waals surface area contributed by atoms with Crippen LogP contribution in [0.15, 0.2) is 84.9 Å². The number of aryl methyl sites for hydroxylation is 1. The van der Waals surface area contributed by atoms with Crippen LogP contribution in [0.3, 0.4) is 0 Å². The Morgan fingerprint density at radius 2 is 1.17 bits per heavy atom. The lowest BCUT2D eigenvalue weighted by Gasteiger charge is -2.21. The zero-order valence-corrected chi connectivity index (χ0v) is 14.1. The number of benzene rings is 3. The maximum absolute atomic E-state index is 13.3. The number of anilines is 1. The maximum Gasteiger partial charge on any atom is 0.541 e. The van der Waals surface area contributed by atoms with Crippen LogP contribution in [0.5, 0.6) is 11.5 Å². The van der Waals surface area contributed by atoms with Gasteiger partial charge in [-0.25, -0.2) is 4.57 Å². The highest BCUT2D eigenvalue weighted by atomic mass is 31.2. The van der Waals surface area contributed by atoms with E-state index in [1.807, 2.05) is 67.6 Å². The smallest absolute Gasteiger partial charge is 0.400 e. The largest absolute Gasteiger partial charge is 0.541 e. The predicted octanol–water partition coefficient (Wildman–Crippen LogP) is 5.67. The van der Waals surface area contributed by atoms with Gasteiger partial charge in [0.25, 0.3) is 0 Å². The average Bonchev–Trinajstić information content (AvgIpc) is 2.58. The topological polar surface area (TPSA) is 47.6 Å². The van der Waals surface area contributed by atoms with Crippen molar-refractivity contribution >= 4 is 13.4 Å². The molecule has 0 aliphatic carbocycles. The lowest BCUT2D eigenvalue weighted by molar-refractivity contribution is 0.393.